The summed E-state index contributed by atoms with van der Waals surface area (Å²) in [7, 11) is 0. The highest BCUT2D eigenvalue weighted by molar-refractivity contribution is 4.85. The fourth-order valence-electron chi connectivity index (χ4n) is 2.27. The number of hydrogen-bond acceptors (Lipinski definition) is 2. The van der Waals surface area contributed by atoms with Gasteiger partial charge in [0.1, 0.15) is 0 Å². The standard InChI is InChI=1S/C16H32N2/c1-3-5-7-8-9-10-11-12-13-15-16(18-17)14-6-4-2/h2,16,18H,3,5-15,17H2,1H3. The summed E-state index contributed by atoms with van der Waals surface area (Å²) in [6.07, 6.45) is 20.6. The van der Waals surface area contributed by atoms with Crippen LogP contribution in [0, 0.1) is 12.3 Å². The number of terminal acetylenes is 1. The second-order valence-corrected chi connectivity index (χ2v) is 5.22. The van der Waals surface area contributed by atoms with Crippen molar-refractivity contribution in [2.45, 2.75) is 90.0 Å². The molecule has 0 radical (unpaired) electrons. The lowest BCUT2D eigenvalue weighted by Gasteiger charge is -2.13. The maximum absolute atomic E-state index is 5.50. The van der Waals surface area contributed by atoms with Gasteiger partial charge in [0.2, 0.25) is 0 Å². The summed E-state index contributed by atoms with van der Waals surface area (Å²) in [6.45, 7) is 2.27. The van der Waals surface area contributed by atoms with Crippen LogP contribution in [0.1, 0.15) is 84.0 Å². The molecule has 0 aromatic carbocycles. The monoisotopic (exact) mass is 252 g/mol. The van der Waals surface area contributed by atoms with Crippen molar-refractivity contribution in [2.75, 3.05) is 0 Å². The highest BCUT2D eigenvalue weighted by Gasteiger charge is 2.04. The summed E-state index contributed by atoms with van der Waals surface area (Å²) in [5, 5.41) is 0. The number of nitrogens with one attached hydrogen (secondary N) is 1. The van der Waals surface area contributed by atoms with Gasteiger partial charge in [-0.05, 0) is 12.8 Å². The molecule has 0 aromatic rings. The molecular formula is C16H32N2. The van der Waals surface area contributed by atoms with Crippen LogP contribution in [0.15, 0.2) is 0 Å². The molecule has 0 aliphatic rings. The van der Waals surface area contributed by atoms with E-state index in [0.29, 0.717) is 6.04 Å². The maximum Gasteiger partial charge on any atom is 0.0219 e. The average molecular weight is 252 g/mol. The van der Waals surface area contributed by atoms with E-state index in [1.54, 1.807) is 0 Å². The van der Waals surface area contributed by atoms with Gasteiger partial charge in [-0.1, -0.05) is 64.7 Å². The Kier molecular flexibility index (Phi) is 14.1. The van der Waals surface area contributed by atoms with E-state index < -0.39 is 0 Å². The Bertz CT molecular complexity index is 196. The SMILES string of the molecule is C#CCCC(CCCCCCCCCCC)NN. The van der Waals surface area contributed by atoms with E-state index in [1.165, 1.54) is 57.8 Å². The summed E-state index contributed by atoms with van der Waals surface area (Å²) < 4.78 is 0. The molecule has 0 spiro atoms. The zero-order valence-electron chi connectivity index (χ0n) is 12.2. The van der Waals surface area contributed by atoms with Crippen LogP contribution in [-0.2, 0) is 0 Å². The van der Waals surface area contributed by atoms with Crippen molar-refractivity contribution in [3.63, 3.8) is 0 Å². The molecule has 2 heteroatoms. The minimum absolute atomic E-state index is 0.408. The first-order chi connectivity index (χ1) is 8.85. The molecule has 0 saturated heterocycles. The fraction of sp³-hybridized carbons (Fsp3) is 0.875. The molecule has 0 aliphatic carbocycles. The zero-order chi connectivity index (χ0) is 13.5. The Morgan fingerprint density at radius 1 is 0.944 bits per heavy atom. The Labute approximate surface area is 114 Å². The van der Waals surface area contributed by atoms with Gasteiger partial charge in [0.25, 0.3) is 0 Å². The van der Waals surface area contributed by atoms with Gasteiger partial charge in [-0.2, -0.15) is 0 Å². The Morgan fingerprint density at radius 3 is 2.00 bits per heavy atom. The average Bonchev–Trinajstić information content (AvgIpc) is 2.40. The van der Waals surface area contributed by atoms with Crippen LogP contribution in [-0.4, -0.2) is 6.04 Å². The Morgan fingerprint density at radius 2 is 1.50 bits per heavy atom. The molecule has 2 nitrogen and oxygen atoms in total. The third-order valence-electron chi connectivity index (χ3n) is 3.53. The van der Waals surface area contributed by atoms with Crippen molar-refractivity contribution < 1.29 is 0 Å². The molecule has 1 unspecified atom stereocenters. The number of unbranched alkanes of at least 4 members (excludes halogenated alkanes) is 8. The lowest BCUT2D eigenvalue weighted by atomic mass is 10.0. The predicted molar refractivity (Wildman–Crippen MR) is 81.0 cm³/mol. The summed E-state index contributed by atoms with van der Waals surface area (Å²) in [6, 6.07) is 0.408. The van der Waals surface area contributed by atoms with Crippen molar-refractivity contribution in [3.05, 3.63) is 0 Å². The largest absolute Gasteiger partial charge is 0.271 e. The molecule has 0 saturated carbocycles. The van der Waals surface area contributed by atoms with Gasteiger partial charge < -0.3 is 0 Å². The van der Waals surface area contributed by atoms with Crippen molar-refractivity contribution in [2.24, 2.45) is 5.84 Å². The number of hydrazine groups is 1. The van der Waals surface area contributed by atoms with Gasteiger partial charge in [-0.3, -0.25) is 11.3 Å². The Balaban J connectivity index is 3.20. The first-order valence-electron chi connectivity index (χ1n) is 7.74. The Hall–Kier alpha value is -0.520. The van der Waals surface area contributed by atoms with E-state index in [-0.39, 0.29) is 0 Å². The van der Waals surface area contributed by atoms with Crippen LogP contribution in [0.4, 0.5) is 0 Å². The molecule has 0 amide bonds. The predicted octanol–water partition coefficient (Wildman–Crippen LogP) is 4.15. The maximum atomic E-state index is 5.50. The van der Waals surface area contributed by atoms with Crippen molar-refractivity contribution in [1.82, 2.24) is 5.43 Å². The zero-order valence-corrected chi connectivity index (χ0v) is 12.2. The molecule has 0 aromatic heterocycles. The van der Waals surface area contributed by atoms with Crippen LogP contribution in [0.5, 0.6) is 0 Å². The molecular weight excluding hydrogens is 220 g/mol. The molecule has 0 bridgehead atoms. The molecule has 3 N–H and O–H groups in total. The smallest absolute Gasteiger partial charge is 0.0219 e. The second-order valence-electron chi connectivity index (χ2n) is 5.22. The van der Waals surface area contributed by atoms with Gasteiger partial charge in [0.15, 0.2) is 0 Å². The lowest BCUT2D eigenvalue weighted by Crippen LogP contribution is -2.34. The van der Waals surface area contributed by atoms with E-state index in [0.717, 1.165) is 19.3 Å². The summed E-state index contributed by atoms with van der Waals surface area (Å²) in [5.74, 6) is 8.18. The van der Waals surface area contributed by atoms with Crippen LogP contribution in [0.25, 0.3) is 0 Å². The molecule has 0 aliphatic heterocycles. The van der Waals surface area contributed by atoms with E-state index in [9.17, 15) is 0 Å². The van der Waals surface area contributed by atoms with Gasteiger partial charge in [-0.25, -0.2) is 0 Å². The van der Waals surface area contributed by atoms with Crippen LogP contribution < -0.4 is 11.3 Å². The van der Waals surface area contributed by atoms with E-state index >= 15 is 0 Å². The quantitative estimate of drug-likeness (QED) is 0.224. The fourth-order valence-corrected chi connectivity index (χ4v) is 2.27. The van der Waals surface area contributed by atoms with Crippen LogP contribution in [0.2, 0.25) is 0 Å². The van der Waals surface area contributed by atoms with Crippen LogP contribution in [0.3, 0.4) is 0 Å². The third kappa shape index (κ3) is 12.0. The number of rotatable bonds is 13. The van der Waals surface area contributed by atoms with Gasteiger partial charge in [0.05, 0.1) is 0 Å². The minimum Gasteiger partial charge on any atom is -0.271 e. The second kappa shape index (κ2) is 14.5. The summed E-state index contributed by atoms with van der Waals surface area (Å²) >= 11 is 0. The number of hydrogen-bond donors (Lipinski definition) is 2. The molecule has 0 fully saturated rings. The number of nitrogens with two attached hydrogens (primary N) is 1. The van der Waals surface area contributed by atoms with Gasteiger partial charge in [0, 0.05) is 12.5 Å². The molecule has 1 atom stereocenters. The van der Waals surface area contributed by atoms with Crippen molar-refractivity contribution >= 4 is 0 Å². The minimum atomic E-state index is 0.408. The molecule has 18 heavy (non-hydrogen) atoms. The van der Waals surface area contributed by atoms with E-state index in [2.05, 4.69) is 18.3 Å². The van der Waals surface area contributed by atoms with Crippen molar-refractivity contribution in [1.29, 1.82) is 0 Å². The van der Waals surface area contributed by atoms with Crippen LogP contribution >= 0.6 is 0 Å². The molecule has 0 heterocycles. The first kappa shape index (κ1) is 17.5. The first-order valence-corrected chi connectivity index (χ1v) is 7.74. The molecule has 0 rings (SSSR count). The topological polar surface area (TPSA) is 38.0 Å². The normalized spacial score (nSPS) is 12.3. The summed E-state index contributed by atoms with van der Waals surface area (Å²) in [5.41, 5.74) is 2.87. The lowest BCUT2D eigenvalue weighted by molar-refractivity contribution is 0.441. The molecule has 106 valence electrons. The van der Waals surface area contributed by atoms with E-state index in [4.69, 9.17) is 12.3 Å². The van der Waals surface area contributed by atoms with Gasteiger partial charge >= 0.3 is 0 Å². The van der Waals surface area contributed by atoms with Gasteiger partial charge in [-0.15, -0.1) is 12.3 Å². The summed E-state index contributed by atoms with van der Waals surface area (Å²) in [4.78, 5) is 0. The highest BCUT2D eigenvalue weighted by Crippen LogP contribution is 2.12. The third-order valence-corrected chi connectivity index (χ3v) is 3.53. The van der Waals surface area contributed by atoms with E-state index in [1.807, 2.05) is 0 Å². The highest BCUT2D eigenvalue weighted by atomic mass is 15.2. The van der Waals surface area contributed by atoms with Crippen molar-refractivity contribution in [3.8, 4) is 12.3 Å².